The molecule has 3 aromatic rings. The third-order valence-corrected chi connectivity index (χ3v) is 6.05. The second-order valence-electron chi connectivity index (χ2n) is 8.16. The SMILES string of the molecule is Cn1cc(Nc2ncc(-c3nnco3)c(NC3CCC(N4CCNCC4)CC3)n2)cn1. The second-order valence-corrected chi connectivity index (χ2v) is 8.16. The van der Waals surface area contributed by atoms with Crippen molar-refractivity contribution in [1.82, 2.24) is 40.2 Å². The van der Waals surface area contributed by atoms with Gasteiger partial charge in [-0.1, -0.05) is 0 Å². The van der Waals surface area contributed by atoms with E-state index in [4.69, 9.17) is 9.40 Å². The van der Waals surface area contributed by atoms with Gasteiger partial charge in [0.2, 0.25) is 12.3 Å². The molecule has 1 saturated carbocycles. The molecular formula is C20H28N10O. The number of hydrogen-bond donors (Lipinski definition) is 3. The van der Waals surface area contributed by atoms with E-state index in [0.29, 0.717) is 35.3 Å². The first-order chi connectivity index (χ1) is 15.2. The Morgan fingerprint density at radius 2 is 1.97 bits per heavy atom. The summed E-state index contributed by atoms with van der Waals surface area (Å²) in [6.45, 7) is 4.50. The predicted molar refractivity (Wildman–Crippen MR) is 116 cm³/mol. The Morgan fingerprint density at radius 1 is 1.13 bits per heavy atom. The lowest BCUT2D eigenvalue weighted by Gasteiger charge is -2.39. The fourth-order valence-corrected chi connectivity index (χ4v) is 4.44. The van der Waals surface area contributed by atoms with Gasteiger partial charge in [0.15, 0.2) is 0 Å². The maximum atomic E-state index is 5.42. The summed E-state index contributed by atoms with van der Waals surface area (Å²) in [6, 6.07) is 1.03. The molecule has 1 saturated heterocycles. The number of anilines is 3. The van der Waals surface area contributed by atoms with Gasteiger partial charge in [-0.2, -0.15) is 10.1 Å². The van der Waals surface area contributed by atoms with Crippen molar-refractivity contribution in [1.29, 1.82) is 0 Å². The number of aryl methyl sites for hydroxylation is 1. The molecule has 0 atom stereocenters. The first-order valence-electron chi connectivity index (χ1n) is 10.8. The molecule has 0 unspecified atom stereocenters. The summed E-state index contributed by atoms with van der Waals surface area (Å²) in [5.41, 5.74) is 1.54. The van der Waals surface area contributed by atoms with Crippen LogP contribution in [0.2, 0.25) is 0 Å². The van der Waals surface area contributed by atoms with Crippen molar-refractivity contribution in [3.63, 3.8) is 0 Å². The lowest BCUT2D eigenvalue weighted by molar-refractivity contribution is 0.135. The molecule has 3 aromatic heterocycles. The van der Waals surface area contributed by atoms with E-state index >= 15 is 0 Å². The minimum absolute atomic E-state index is 0.349. The minimum atomic E-state index is 0.349. The van der Waals surface area contributed by atoms with E-state index in [1.165, 1.54) is 19.2 Å². The van der Waals surface area contributed by atoms with Gasteiger partial charge >= 0.3 is 0 Å². The number of nitrogens with zero attached hydrogens (tertiary/aromatic N) is 7. The standard InChI is InChI=1S/C20H28N10O/c1-29-12-15(10-24-29)26-20-22-11-17(19-28-23-13-31-19)18(27-20)25-14-2-4-16(5-3-14)30-8-6-21-7-9-30/h10-14,16,21H,2-9H2,1H3,(H2,22,25,26,27). The molecule has 0 radical (unpaired) electrons. The van der Waals surface area contributed by atoms with Crippen LogP contribution in [0.4, 0.5) is 17.5 Å². The molecule has 0 bridgehead atoms. The molecule has 0 amide bonds. The van der Waals surface area contributed by atoms with Crippen LogP contribution in [0, 0.1) is 0 Å². The Kier molecular flexibility index (Phi) is 5.76. The van der Waals surface area contributed by atoms with E-state index in [2.05, 4.69) is 41.1 Å². The molecule has 2 fully saturated rings. The van der Waals surface area contributed by atoms with Crippen molar-refractivity contribution in [3.8, 4) is 11.5 Å². The maximum Gasteiger partial charge on any atom is 0.252 e. The first-order valence-corrected chi connectivity index (χ1v) is 10.8. The second kappa shape index (κ2) is 8.98. The van der Waals surface area contributed by atoms with Crippen LogP contribution < -0.4 is 16.0 Å². The van der Waals surface area contributed by atoms with Crippen LogP contribution in [-0.2, 0) is 7.05 Å². The van der Waals surface area contributed by atoms with Crippen molar-refractivity contribution in [2.45, 2.75) is 37.8 Å². The van der Waals surface area contributed by atoms with E-state index in [1.54, 1.807) is 17.1 Å². The molecule has 0 spiro atoms. The summed E-state index contributed by atoms with van der Waals surface area (Å²) < 4.78 is 7.15. The van der Waals surface area contributed by atoms with Crippen molar-refractivity contribution in [3.05, 3.63) is 25.0 Å². The average molecular weight is 425 g/mol. The lowest BCUT2D eigenvalue weighted by atomic mass is 9.89. The van der Waals surface area contributed by atoms with Gasteiger partial charge in [0.1, 0.15) is 5.82 Å². The summed E-state index contributed by atoms with van der Waals surface area (Å²) in [4.78, 5) is 11.8. The zero-order chi connectivity index (χ0) is 21.0. The minimum Gasteiger partial charge on any atom is -0.423 e. The van der Waals surface area contributed by atoms with Crippen LogP contribution in [0.15, 0.2) is 29.4 Å². The summed E-state index contributed by atoms with van der Waals surface area (Å²) in [7, 11) is 1.87. The van der Waals surface area contributed by atoms with Crippen LogP contribution >= 0.6 is 0 Å². The van der Waals surface area contributed by atoms with Gasteiger partial charge in [0.25, 0.3) is 5.89 Å². The number of nitrogens with one attached hydrogen (secondary N) is 3. The normalized spacial score (nSPS) is 22.4. The monoisotopic (exact) mass is 424 g/mol. The smallest absolute Gasteiger partial charge is 0.252 e. The topological polar surface area (TPSA) is 122 Å². The molecule has 4 heterocycles. The average Bonchev–Trinajstić information content (AvgIpc) is 3.47. The van der Waals surface area contributed by atoms with E-state index < -0.39 is 0 Å². The molecule has 1 aliphatic carbocycles. The molecule has 11 nitrogen and oxygen atoms in total. The summed E-state index contributed by atoms with van der Waals surface area (Å²) in [5, 5.41) is 22.3. The lowest BCUT2D eigenvalue weighted by Crippen LogP contribution is -2.50. The highest BCUT2D eigenvalue weighted by atomic mass is 16.4. The zero-order valence-corrected chi connectivity index (χ0v) is 17.7. The van der Waals surface area contributed by atoms with Gasteiger partial charge < -0.3 is 20.4 Å². The van der Waals surface area contributed by atoms with E-state index in [9.17, 15) is 0 Å². The Bertz CT molecular complexity index is 974. The Balaban J connectivity index is 1.30. The number of piperazine rings is 1. The maximum absolute atomic E-state index is 5.42. The summed E-state index contributed by atoms with van der Waals surface area (Å²) in [6.07, 6.45) is 11.2. The van der Waals surface area contributed by atoms with Gasteiger partial charge in [0, 0.05) is 57.7 Å². The number of rotatable bonds is 6. The van der Waals surface area contributed by atoms with Crippen LogP contribution in [0.25, 0.3) is 11.5 Å². The molecule has 5 rings (SSSR count). The Labute approximate surface area is 180 Å². The molecule has 11 heteroatoms. The molecule has 1 aliphatic heterocycles. The van der Waals surface area contributed by atoms with Crippen LogP contribution in [0.5, 0.6) is 0 Å². The number of hydrogen-bond acceptors (Lipinski definition) is 10. The van der Waals surface area contributed by atoms with Gasteiger partial charge in [-0.3, -0.25) is 9.58 Å². The summed E-state index contributed by atoms with van der Waals surface area (Å²) >= 11 is 0. The van der Waals surface area contributed by atoms with Crippen molar-refractivity contribution >= 4 is 17.5 Å². The van der Waals surface area contributed by atoms with Gasteiger partial charge in [-0.25, -0.2) is 4.98 Å². The molecule has 31 heavy (non-hydrogen) atoms. The highest BCUT2D eigenvalue weighted by Gasteiger charge is 2.27. The predicted octanol–water partition coefficient (Wildman–Crippen LogP) is 1.63. The quantitative estimate of drug-likeness (QED) is 0.538. The highest BCUT2D eigenvalue weighted by molar-refractivity contribution is 5.70. The van der Waals surface area contributed by atoms with Crippen molar-refractivity contribution in [2.24, 2.45) is 7.05 Å². The molecule has 2 aliphatic rings. The van der Waals surface area contributed by atoms with Gasteiger partial charge in [0.05, 0.1) is 17.4 Å². The first kappa shape index (κ1) is 19.9. The third-order valence-electron chi connectivity index (χ3n) is 6.05. The zero-order valence-electron chi connectivity index (χ0n) is 17.7. The molecular weight excluding hydrogens is 396 g/mol. The third kappa shape index (κ3) is 4.67. The fraction of sp³-hybridized carbons (Fsp3) is 0.550. The van der Waals surface area contributed by atoms with Crippen LogP contribution in [0.3, 0.4) is 0 Å². The van der Waals surface area contributed by atoms with E-state index in [0.717, 1.165) is 44.7 Å². The van der Waals surface area contributed by atoms with Crippen molar-refractivity contribution in [2.75, 3.05) is 36.8 Å². The van der Waals surface area contributed by atoms with Gasteiger partial charge in [-0.15, -0.1) is 10.2 Å². The van der Waals surface area contributed by atoms with E-state index in [1.807, 2.05) is 13.2 Å². The molecule has 164 valence electrons. The summed E-state index contributed by atoms with van der Waals surface area (Å²) in [5.74, 6) is 1.61. The van der Waals surface area contributed by atoms with E-state index in [-0.39, 0.29) is 0 Å². The fourth-order valence-electron chi connectivity index (χ4n) is 4.44. The Hall–Kier alpha value is -3.05. The highest BCUT2D eigenvalue weighted by Crippen LogP contribution is 2.30. The Morgan fingerprint density at radius 3 is 2.68 bits per heavy atom. The van der Waals surface area contributed by atoms with Crippen LogP contribution in [0.1, 0.15) is 25.7 Å². The largest absolute Gasteiger partial charge is 0.423 e. The van der Waals surface area contributed by atoms with Gasteiger partial charge in [-0.05, 0) is 25.7 Å². The van der Waals surface area contributed by atoms with Crippen molar-refractivity contribution < 1.29 is 4.42 Å². The molecule has 0 aromatic carbocycles. The van der Waals surface area contributed by atoms with Crippen LogP contribution in [-0.4, -0.2) is 73.1 Å². The molecule has 3 N–H and O–H groups in total. The number of aromatic nitrogens is 6.